The molecule has 1 atom stereocenters. The van der Waals surface area contributed by atoms with Crippen LogP contribution in [0, 0.1) is 0 Å². The lowest BCUT2D eigenvalue weighted by Crippen LogP contribution is -2.47. The van der Waals surface area contributed by atoms with Gasteiger partial charge in [-0.3, -0.25) is 14.8 Å². The van der Waals surface area contributed by atoms with Gasteiger partial charge in [0.25, 0.3) is 0 Å². The molecule has 1 saturated heterocycles. The summed E-state index contributed by atoms with van der Waals surface area (Å²) < 4.78 is 0. The number of hydrogen-bond acceptors (Lipinski definition) is 4. The number of rotatable bonds is 5. The first-order valence-electron chi connectivity index (χ1n) is 11.7. The molecule has 164 valence electrons. The fraction of sp³-hybridized carbons (Fsp3) is 0.321. The van der Waals surface area contributed by atoms with E-state index in [2.05, 4.69) is 70.5 Å². The maximum Gasteiger partial charge on any atom is 0.0681 e. The van der Waals surface area contributed by atoms with Gasteiger partial charge in [-0.1, -0.05) is 66.7 Å². The lowest BCUT2D eigenvalue weighted by atomic mass is 9.94. The zero-order valence-corrected chi connectivity index (χ0v) is 18.5. The van der Waals surface area contributed by atoms with Gasteiger partial charge in [-0.05, 0) is 46.7 Å². The maximum atomic E-state index is 9.18. The third-order valence-electron chi connectivity index (χ3n) is 6.81. The van der Waals surface area contributed by atoms with Crippen LogP contribution in [0.15, 0.2) is 72.9 Å². The highest BCUT2D eigenvalue weighted by Gasteiger charge is 2.31. The van der Waals surface area contributed by atoms with E-state index in [1.54, 1.807) is 0 Å². The van der Waals surface area contributed by atoms with Crippen molar-refractivity contribution in [1.82, 2.24) is 14.8 Å². The Morgan fingerprint density at radius 2 is 1.66 bits per heavy atom. The summed E-state index contributed by atoms with van der Waals surface area (Å²) in [5.41, 5.74) is 7.70. The van der Waals surface area contributed by atoms with Crippen LogP contribution in [0.1, 0.15) is 39.6 Å². The monoisotopic (exact) mass is 425 g/mol. The molecule has 4 nitrogen and oxygen atoms in total. The second-order valence-electron chi connectivity index (χ2n) is 8.78. The van der Waals surface area contributed by atoms with Crippen LogP contribution >= 0.6 is 0 Å². The van der Waals surface area contributed by atoms with Crippen molar-refractivity contribution in [2.45, 2.75) is 25.5 Å². The number of pyridine rings is 1. The van der Waals surface area contributed by atoms with Crippen LogP contribution in [0.4, 0.5) is 0 Å². The molecule has 0 amide bonds. The van der Waals surface area contributed by atoms with E-state index in [1.807, 2.05) is 18.3 Å². The van der Waals surface area contributed by atoms with Gasteiger partial charge >= 0.3 is 0 Å². The number of aromatic nitrogens is 1. The van der Waals surface area contributed by atoms with E-state index in [0.717, 1.165) is 51.1 Å². The van der Waals surface area contributed by atoms with E-state index >= 15 is 0 Å². The van der Waals surface area contributed by atoms with Crippen LogP contribution in [0.2, 0.25) is 0 Å². The van der Waals surface area contributed by atoms with Gasteiger partial charge in [-0.15, -0.1) is 0 Å². The van der Waals surface area contributed by atoms with Crippen LogP contribution in [-0.2, 0) is 19.4 Å². The van der Waals surface area contributed by atoms with Gasteiger partial charge in [0.1, 0.15) is 0 Å². The third kappa shape index (κ3) is 4.53. The number of hydrogen-bond donors (Lipinski definition) is 1. The minimum atomic E-state index is 0.0975. The van der Waals surface area contributed by atoms with Crippen LogP contribution in [-0.4, -0.2) is 52.6 Å². The van der Waals surface area contributed by atoms with Gasteiger partial charge in [0.15, 0.2) is 0 Å². The van der Waals surface area contributed by atoms with Gasteiger partial charge in [0.05, 0.1) is 12.6 Å². The van der Waals surface area contributed by atoms with Gasteiger partial charge in [0, 0.05) is 44.6 Å². The quantitative estimate of drug-likeness (QED) is 0.668. The predicted octanol–water partition coefficient (Wildman–Crippen LogP) is 4.09. The van der Waals surface area contributed by atoms with Crippen molar-refractivity contribution in [2.24, 2.45) is 0 Å². The number of aliphatic hydroxyl groups is 1. The summed E-state index contributed by atoms with van der Waals surface area (Å²) in [6.07, 6.45) is 8.46. The molecule has 2 aromatic carbocycles. The normalized spacial score (nSPS) is 19.5. The summed E-state index contributed by atoms with van der Waals surface area (Å²) >= 11 is 0. The van der Waals surface area contributed by atoms with Crippen LogP contribution in [0.3, 0.4) is 0 Å². The molecule has 5 rings (SSSR count). The number of aryl methyl sites for hydroxylation is 2. The molecule has 2 heterocycles. The third-order valence-corrected chi connectivity index (χ3v) is 6.81. The van der Waals surface area contributed by atoms with Crippen LogP contribution in [0.25, 0.3) is 6.08 Å². The molecule has 1 aromatic heterocycles. The van der Waals surface area contributed by atoms with E-state index in [9.17, 15) is 5.11 Å². The molecule has 1 N–H and O–H groups in total. The van der Waals surface area contributed by atoms with Crippen molar-refractivity contribution in [3.63, 3.8) is 0 Å². The van der Waals surface area contributed by atoms with Crippen molar-refractivity contribution >= 4 is 6.08 Å². The Labute approximate surface area is 190 Å². The van der Waals surface area contributed by atoms with E-state index in [-0.39, 0.29) is 6.61 Å². The molecule has 2 aliphatic rings. The van der Waals surface area contributed by atoms with Gasteiger partial charge in [-0.25, -0.2) is 0 Å². The lowest BCUT2D eigenvalue weighted by molar-refractivity contribution is 0.117. The summed E-state index contributed by atoms with van der Waals surface area (Å²) in [4.78, 5) is 9.92. The van der Waals surface area contributed by atoms with Crippen molar-refractivity contribution in [1.29, 1.82) is 0 Å². The average molecular weight is 426 g/mol. The second kappa shape index (κ2) is 9.78. The maximum absolute atomic E-state index is 9.18. The fourth-order valence-electron chi connectivity index (χ4n) is 5.03. The van der Waals surface area contributed by atoms with Gasteiger partial charge < -0.3 is 5.11 Å². The van der Waals surface area contributed by atoms with E-state index in [4.69, 9.17) is 4.98 Å². The van der Waals surface area contributed by atoms with Crippen molar-refractivity contribution in [2.75, 3.05) is 32.7 Å². The van der Waals surface area contributed by atoms with Crippen molar-refractivity contribution in [3.8, 4) is 0 Å². The molecule has 0 spiro atoms. The molecule has 1 aliphatic carbocycles. The summed E-state index contributed by atoms with van der Waals surface area (Å²) in [6.45, 7) is 5.33. The standard InChI is InChI=1S/C28H31N3O/c32-21-23-11-9-22(10-12-23)5-4-16-30-17-19-31(20-18-30)28-25-7-2-1-6-24(25)13-14-27-26(28)8-3-15-29-27/h1-12,15,28,32H,13-14,16-21H2/b5-4+. The summed E-state index contributed by atoms with van der Waals surface area (Å²) in [5.74, 6) is 0. The first-order valence-corrected chi connectivity index (χ1v) is 11.7. The van der Waals surface area contributed by atoms with E-state index in [0.29, 0.717) is 6.04 Å². The SMILES string of the molecule is OCc1ccc(/C=C/CN2CCN(C3c4ccccc4CCc4ncccc43)CC2)cc1. The minimum Gasteiger partial charge on any atom is -0.392 e. The molecule has 1 unspecified atom stereocenters. The van der Waals surface area contributed by atoms with E-state index < -0.39 is 0 Å². The topological polar surface area (TPSA) is 39.6 Å². The van der Waals surface area contributed by atoms with Gasteiger partial charge in [0.2, 0.25) is 0 Å². The van der Waals surface area contributed by atoms with Crippen LogP contribution in [0.5, 0.6) is 0 Å². The van der Waals surface area contributed by atoms with Crippen molar-refractivity contribution < 1.29 is 5.11 Å². The Hall–Kier alpha value is -2.79. The number of piperazine rings is 1. The highest BCUT2D eigenvalue weighted by atomic mass is 16.3. The molecular formula is C28H31N3O. The Morgan fingerprint density at radius 3 is 2.47 bits per heavy atom. The molecule has 1 aliphatic heterocycles. The summed E-state index contributed by atoms with van der Waals surface area (Å²) in [6, 6.07) is 21.7. The molecule has 32 heavy (non-hydrogen) atoms. The molecule has 1 fully saturated rings. The lowest BCUT2D eigenvalue weighted by Gasteiger charge is -2.40. The Bertz CT molecular complexity index is 1020. The zero-order chi connectivity index (χ0) is 21.8. The zero-order valence-electron chi connectivity index (χ0n) is 18.5. The molecular weight excluding hydrogens is 394 g/mol. The Balaban J connectivity index is 1.26. The highest BCUT2D eigenvalue weighted by Crippen LogP contribution is 2.36. The van der Waals surface area contributed by atoms with E-state index in [1.165, 1.54) is 27.9 Å². The average Bonchev–Trinajstić information content (AvgIpc) is 3.02. The molecule has 0 radical (unpaired) electrons. The summed E-state index contributed by atoms with van der Waals surface area (Å²) in [7, 11) is 0. The molecule has 3 aromatic rings. The van der Waals surface area contributed by atoms with Gasteiger partial charge in [-0.2, -0.15) is 0 Å². The number of aliphatic hydroxyl groups excluding tert-OH is 1. The first-order chi connectivity index (χ1) is 15.8. The van der Waals surface area contributed by atoms with Crippen LogP contribution < -0.4 is 0 Å². The minimum absolute atomic E-state index is 0.0975. The Morgan fingerprint density at radius 1 is 0.875 bits per heavy atom. The summed E-state index contributed by atoms with van der Waals surface area (Å²) in [5, 5.41) is 9.18. The molecule has 0 saturated carbocycles. The molecule has 4 heteroatoms. The fourth-order valence-corrected chi connectivity index (χ4v) is 5.03. The molecule has 0 bridgehead atoms. The Kier molecular flexibility index (Phi) is 6.44. The predicted molar refractivity (Wildman–Crippen MR) is 129 cm³/mol. The number of benzene rings is 2. The number of nitrogens with zero attached hydrogens (tertiary/aromatic N) is 3. The smallest absolute Gasteiger partial charge is 0.0681 e. The second-order valence-corrected chi connectivity index (χ2v) is 8.78. The van der Waals surface area contributed by atoms with Crippen molar-refractivity contribution in [3.05, 3.63) is 106 Å². The first kappa shape index (κ1) is 21.1. The largest absolute Gasteiger partial charge is 0.392 e. The highest BCUT2D eigenvalue weighted by molar-refractivity contribution is 5.49. The number of fused-ring (bicyclic) bond motifs is 2.